The Balaban J connectivity index is 2.40. The minimum Gasteiger partial charge on any atom is -0.344 e. The second-order valence-corrected chi connectivity index (χ2v) is 4.09. The summed E-state index contributed by atoms with van der Waals surface area (Å²) in [5.41, 5.74) is 0. The van der Waals surface area contributed by atoms with Gasteiger partial charge >= 0.3 is 0 Å². The topological polar surface area (TPSA) is 52.7 Å². The monoisotopic (exact) mass is 227 g/mol. The number of amides is 2. The zero-order chi connectivity index (χ0) is 12.0. The van der Waals surface area contributed by atoms with Gasteiger partial charge in [0.1, 0.15) is 0 Å². The van der Waals surface area contributed by atoms with E-state index in [1.165, 1.54) is 0 Å². The van der Waals surface area contributed by atoms with Gasteiger partial charge in [0.05, 0.1) is 6.54 Å². The second kappa shape index (κ2) is 6.48. The van der Waals surface area contributed by atoms with E-state index in [1.54, 1.807) is 16.8 Å². The highest BCUT2D eigenvalue weighted by molar-refractivity contribution is 5.85. The van der Waals surface area contributed by atoms with Crippen LogP contribution in [0.3, 0.4) is 0 Å². The first kappa shape index (κ1) is 13.0. The number of likely N-dealkylation sites (N-methyl/N-ethyl adjacent to an activating group) is 1. The van der Waals surface area contributed by atoms with Gasteiger partial charge in [0, 0.05) is 33.1 Å². The molecule has 1 N–H and O–H groups in total. The lowest BCUT2D eigenvalue weighted by Crippen LogP contribution is -2.39. The standard InChI is InChI=1S/C11H21N3O2/c1-3-12-6-5-10(15)14-8-4-7-13(2)11(16)9-14/h12H,3-9H2,1-2H3. The number of hydrogen-bond acceptors (Lipinski definition) is 3. The van der Waals surface area contributed by atoms with Crippen LogP contribution in [0.4, 0.5) is 0 Å². The Bertz CT molecular complexity index is 256. The fourth-order valence-electron chi connectivity index (χ4n) is 1.73. The highest BCUT2D eigenvalue weighted by Gasteiger charge is 2.21. The minimum atomic E-state index is 0.0364. The van der Waals surface area contributed by atoms with E-state index in [0.717, 1.165) is 19.5 Å². The van der Waals surface area contributed by atoms with Gasteiger partial charge in [-0.05, 0) is 13.0 Å². The van der Waals surface area contributed by atoms with Crippen molar-refractivity contribution in [3.05, 3.63) is 0 Å². The number of nitrogens with one attached hydrogen (secondary N) is 1. The van der Waals surface area contributed by atoms with Gasteiger partial charge in [0.15, 0.2) is 0 Å². The maximum Gasteiger partial charge on any atom is 0.241 e. The predicted octanol–water partition coefficient (Wildman–Crippen LogP) is -0.323. The van der Waals surface area contributed by atoms with E-state index >= 15 is 0 Å². The Hall–Kier alpha value is -1.10. The molecule has 0 aromatic rings. The van der Waals surface area contributed by atoms with Crippen LogP contribution in [0.15, 0.2) is 0 Å². The van der Waals surface area contributed by atoms with Gasteiger partial charge < -0.3 is 15.1 Å². The first-order chi connectivity index (χ1) is 7.65. The van der Waals surface area contributed by atoms with Crippen molar-refractivity contribution >= 4 is 11.8 Å². The first-order valence-corrected chi connectivity index (χ1v) is 5.87. The average Bonchev–Trinajstić information content (AvgIpc) is 2.42. The third-order valence-electron chi connectivity index (χ3n) is 2.79. The second-order valence-electron chi connectivity index (χ2n) is 4.09. The van der Waals surface area contributed by atoms with Gasteiger partial charge in [0.25, 0.3) is 0 Å². The molecule has 1 rings (SSSR count). The third-order valence-corrected chi connectivity index (χ3v) is 2.79. The van der Waals surface area contributed by atoms with Gasteiger partial charge in [-0.1, -0.05) is 6.92 Å². The molecule has 0 aromatic heterocycles. The largest absolute Gasteiger partial charge is 0.344 e. The van der Waals surface area contributed by atoms with Gasteiger partial charge in [-0.15, -0.1) is 0 Å². The van der Waals surface area contributed by atoms with Gasteiger partial charge in [-0.25, -0.2) is 0 Å². The summed E-state index contributed by atoms with van der Waals surface area (Å²) in [4.78, 5) is 26.7. The number of nitrogens with zero attached hydrogens (tertiary/aromatic N) is 2. The highest BCUT2D eigenvalue weighted by atomic mass is 16.2. The van der Waals surface area contributed by atoms with Crippen LogP contribution in [-0.2, 0) is 9.59 Å². The van der Waals surface area contributed by atoms with Crippen molar-refractivity contribution in [1.29, 1.82) is 0 Å². The smallest absolute Gasteiger partial charge is 0.241 e. The number of rotatable bonds is 4. The molecule has 0 unspecified atom stereocenters. The molecule has 0 aromatic carbocycles. The molecule has 1 aliphatic heterocycles. The summed E-state index contributed by atoms with van der Waals surface area (Å²) >= 11 is 0. The minimum absolute atomic E-state index is 0.0364. The predicted molar refractivity (Wildman–Crippen MR) is 62.0 cm³/mol. The van der Waals surface area contributed by atoms with E-state index in [9.17, 15) is 9.59 Å². The Morgan fingerprint density at radius 3 is 2.88 bits per heavy atom. The molecule has 5 heteroatoms. The van der Waals surface area contributed by atoms with Crippen LogP contribution >= 0.6 is 0 Å². The van der Waals surface area contributed by atoms with Crippen molar-refractivity contribution in [1.82, 2.24) is 15.1 Å². The van der Waals surface area contributed by atoms with Crippen LogP contribution < -0.4 is 5.32 Å². The summed E-state index contributed by atoms with van der Waals surface area (Å²) < 4.78 is 0. The summed E-state index contributed by atoms with van der Waals surface area (Å²) in [6.07, 6.45) is 1.35. The fraction of sp³-hybridized carbons (Fsp3) is 0.818. The lowest BCUT2D eigenvalue weighted by atomic mass is 10.3. The van der Waals surface area contributed by atoms with Crippen molar-refractivity contribution in [2.75, 3.05) is 39.8 Å². The van der Waals surface area contributed by atoms with Crippen molar-refractivity contribution in [3.8, 4) is 0 Å². The molecule has 1 saturated heterocycles. The van der Waals surface area contributed by atoms with Crippen molar-refractivity contribution < 1.29 is 9.59 Å². The van der Waals surface area contributed by atoms with E-state index in [4.69, 9.17) is 0 Å². The summed E-state index contributed by atoms with van der Waals surface area (Å²) in [5.74, 6) is 0.110. The lowest BCUT2D eigenvalue weighted by Gasteiger charge is -2.19. The zero-order valence-electron chi connectivity index (χ0n) is 10.2. The molecule has 0 bridgehead atoms. The normalized spacial score (nSPS) is 17.5. The van der Waals surface area contributed by atoms with Crippen LogP contribution in [-0.4, -0.2) is 61.4 Å². The number of hydrogen-bond donors (Lipinski definition) is 1. The Labute approximate surface area is 96.8 Å². The van der Waals surface area contributed by atoms with E-state index in [0.29, 0.717) is 19.5 Å². The number of carbonyl (C=O) groups excluding carboxylic acids is 2. The van der Waals surface area contributed by atoms with Crippen LogP contribution in [0.25, 0.3) is 0 Å². The van der Waals surface area contributed by atoms with Gasteiger partial charge in [0.2, 0.25) is 11.8 Å². The van der Waals surface area contributed by atoms with Crippen molar-refractivity contribution in [2.24, 2.45) is 0 Å². The third kappa shape index (κ3) is 3.81. The molecule has 16 heavy (non-hydrogen) atoms. The fourth-order valence-corrected chi connectivity index (χ4v) is 1.73. The maximum absolute atomic E-state index is 11.8. The van der Waals surface area contributed by atoms with E-state index in [-0.39, 0.29) is 18.4 Å². The highest BCUT2D eigenvalue weighted by Crippen LogP contribution is 2.04. The van der Waals surface area contributed by atoms with Gasteiger partial charge in [-0.2, -0.15) is 0 Å². The van der Waals surface area contributed by atoms with Crippen LogP contribution in [0.2, 0.25) is 0 Å². The quantitative estimate of drug-likeness (QED) is 0.670. The lowest BCUT2D eigenvalue weighted by molar-refractivity contribution is -0.138. The Morgan fingerprint density at radius 2 is 2.19 bits per heavy atom. The summed E-state index contributed by atoms with van der Waals surface area (Å²) in [5, 5.41) is 3.11. The maximum atomic E-state index is 11.8. The molecule has 0 aliphatic carbocycles. The molecule has 0 spiro atoms. The number of carbonyl (C=O) groups is 2. The van der Waals surface area contributed by atoms with Crippen molar-refractivity contribution in [2.45, 2.75) is 19.8 Å². The molecular formula is C11H21N3O2. The SMILES string of the molecule is CCNCCC(=O)N1CCCN(C)C(=O)C1. The molecule has 5 nitrogen and oxygen atoms in total. The molecule has 1 aliphatic rings. The molecule has 92 valence electrons. The molecule has 1 heterocycles. The molecule has 0 saturated carbocycles. The molecule has 0 radical (unpaired) electrons. The van der Waals surface area contributed by atoms with E-state index in [1.807, 2.05) is 6.92 Å². The summed E-state index contributed by atoms with van der Waals surface area (Å²) in [6.45, 7) is 5.25. The first-order valence-electron chi connectivity index (χ1n) is 5.87. The average molecular weight is 227 g/mol. The molecule has 1 fully saturated rings. The van der Waals surface area contributed by atoms with Gasteiger partial charge in [-0.3, -0.25) is 9.59 Å². The Morgan fingerprint density at radius 1 is 1.44 bits per heavy atom. The summed E-state index contributed by atoms with van der Waals surface area (Å²) in [6, 6.07) is 0. The molecule has 2 amide bonds. The van der Waals surface area contributed by atoms with E-state index in [2.05, 4.69) is 5.32 Å². The van der Waals surface area contributed by atoms with E-state index < -0.39 is 0 Å². The van der Waals surface area contributed by atoms with Crippen LogP contribution in [0.1, 0.15) is 19.8 Å². The molecule has 0 atom stereocenters. The summed E-state index contributed by atoms with van der Waals surface area (Å²) in [7, 11) is 1.79. The zero-order valence-corrected chi connectivity index (χ0v) is 10.2. The Kier molecular flexibility index (Phi) is 5.25. The van der Waals surface area contributed by atoms with Crippen LogP contribution in [0, 0.1) is 0 Å². The molecular weight excluding hydrogens is 206 g/mol. The van der Waals surface area contributed by atoms with Crippen LogP contribution in [0.5, 0.6) is 0 Å². The van der Waals surface area contributed by atoms with Crippen molar-refractivity contribution in [3.63, 3.8) is 0 Å².